The van der Waals surface area contributed by atoms with Crippen LogP contribution in [-0.2, 0) is 14.3 Å². The van der Waals surface area contributed by atoms with Gasteiger partial charge >= 0.3 is 0 Å². The Kier molecular flexibility index (Phi) is 6.88. The molecule has 0 radical (unpaired) electrons. The standard InChI is InChI=1S/C16H24N2O3/c1-12-5-6-15(13(2)11-12)17-16(20)7-8-18(14(3)19)9-10-21-4/h5-6,11H,7-10H2,1-4H3,(H,17,20). The lowest BCUT2D eigenvalue weighted by Gasteiger charge is -2.20. The quantitative estimate of drug-likeness (QED) is 0.837. The van der Waals surface area contributed by atoms with Crippen LogP contribution in [0, 0.1) is 13.8 Å². The van der Waals surface area contributed by atoms with Gasteiger partial charge in [-0.05, 0) is 25.5 Å². The number of benzene rings is 1. The lowest BCUT2D eigenvalue weighted by Crippen LogP contribution is -2.34. The Morgan fingerprint density at radius 2 is 1.95 bits per heavy atom. The molecule has 0 unspecified atom stereocenters. The van der Waals surface area contributed by atoms with Crippen molar-refractivity contribution in [1.82, 2.24) is 4.90 Å². The van der Waals surface area contributed by atoms with Crippen molar-refractivity contribution in [2.75, 3.05) is 32.1 Å². The van der Waals surface area contributed by atoms with Crippen molar-refractivity contribution in [3.63, 3.8) is 0 Å². The Labute approximate surface area is 126 Å². The Morgan fingerprint density at radius 3 is 2.52 bits per heavy atom. The molecule has 116 valence electrons. The van der Waals surface area contributed by atoms with Gasteiger partial charge in [-0.15, -0.1) is 0 Å². The molecule has 21 heavy (non-hydrogen) atoms. The Morgan fingerprint density at radius 1 is 1.24 bits per heavy atom. The number of carbonyl (C=O) groups is 2. The maximum atomic E-state index is 12.0. The van der Waals surface area contributed by atoms with Gasteiger partial charge in [-0.25, -0.2) is 0 Å². The third kappa shape index (κ3) is 5.95. The third-order valence-corrected chi connectivity index (χ3v) is 3.28. The number of hydrogen-bond donors (Lipinski definition) is 1. The zero-order valence-electron chi connectivity index (χ0n) is 13.2. The molecule has 0 saturated carbocycles. The predicted octanol–water partition coefficient (Wildman–Crippen LogP) is 2.13. The van der Waals surface area contributed by atoms with Crippen molar-refractivity contribution in [1.29, 1.82) is 0 Å². The monoisotopic (exact) mass is 292 g/mol. The molecule has 0 atom stereocenters. The maximum Gasteiger partial charge on any atom is 0.226 e. The smallest absolute Gasteiger partial charge is 0.226 e. The minimum absolute atomic E-state index is 0.0497. The van der Waals surface area contributed by atoms with Gasteiger partial charge in [0.05, 0.1) is 6.61 Å². The van der Waals surface area contributed by atoms with E-state index >= 15 is 0 Å². The summed E-state index contributed by atoms with van der Waals surface area (Å²) in [6.07, 6.45) is 0.274. The number of methoxy groups -OCH3 is 1. The lowest BCUT2D eigenvalue weighted by atomic mass is 10.1. The van der Waals surface area contributed by atoms with Crippen molar-refractivity contribution in [2.24, 2.45) is 0 Å². The number of anilines is 1. The minimum atomic E-state index is -0.0920. The number of ether oxygens (including phenoxy) is 1. The van der Waals surface area contributed by atoms with Crippen molar-refractivity contribution < 1.29 is 14.3 Å². The highest BCUT2D eigenvalue weighted by Crippen LogP contribution is 2.16. The fourth-order valence-electron chi connectivity index (χ4n) is 2.03. The highest BCUT2D eigenvalue weighted by molar-refractivity contribution is 5.91. The van der Waals surface area contributed by atoms with E-state index in [-0.39, 0.29) is 18.2 Å². The number of nitrogens with zero attached hydrogens (tertiary/aromatic N) is 1. The average molecular weight is 292 g/mol. The highest BCUT2D eigenvalue weighted by atomic mass is 16.5. The van der Waals surface area contributed by atoms with E-state index in [2.05, 4.69) is 5.32 Å². The van der Waals surface area contributed by atoms with E-state index < -0.39 is 0 Å². The van der Waals surface area contributed by atoms with E-state index in [1.165, 1.54) is 6.92 Å². The van der Waals surface area contributed by atoms with Crippen molar-refractivity contribution in [3.05, 3.63) is 29.3 Å². The summed E-state index contributed by atoms with van der Waals surface area (Å²) < 4.78 is 4.96. The summed E-state index contributed by atoms with van der Waals surface area (Å²) in [5, 5.41) is 2.88. The number of amides is 2. The predicted molar refractivity (Wildman–Crippen MR) is 83.3 cm³/mol. The van der Waals surface area contributed by atoms with E-state index in [9.17, 15) is 9.59 Å². The fraction of sp³-hybridized carbons (Fsp3) is 0.500. The van der Waals surface area contributed by atoms with Crippen molar-refractivity contribution in [2.45, 2.75) is 27.2 Å². The number of hydrogen-bond acceptors (Lipinski definition) is 3. The molecule has 0 bridgehead atoms. The van der Waals surface area contributed by atoms with Gasteiger partial charge in [-0.3, -0.25) is 9.59 Å². The maximum absolute atomic E-state index is 12.0. The van der Waals surface area contributed by atoms with E-state index in [1.54, 1.807) is 12.0 Å². The number of aryl methyl sites for hydroxylation is 2. The average Bonchev–Trinajstić information content (AvgIpc) is 2.41. The van der Waals surface area contributed by atoms with Crippen molar-refractivity contribution >= 4 is 17.5 Å². The number of nitrogens with one attached hydrogen (secondary N) is 1. The topological polar surface area (TPSA) is 58.6 Å². The first-order valence-electron chi connectivity index (χ1n) is 7.05. The van der Waals surface area contributed by atoms with Gasteiger partial charge < -0.3 is 15.0 Å². The molecule has 1 aromatic rings. The van der Waals surface area contributed by atoms with Crippen LogP contribution in [0.5, 0.6) is 0 Å². The van der Waals surface area contributed by atoms with Crippen LogP contribution >= 0.6 is 0 Å². The van der Waals surface area contributed by atoms with Crippen molar-refractivity contribution in [3.8, 4) is 0 Å². The largest absolute Gasteiger partial charge is 0.383 e. The van der Waals surface area contributed by atoms with Gasteiger partial charge in [0.15, 0.2) is 0 Å². The SMILES string of the molecule is COCCN(CCC(=O)Nc1ccc(C)cc1C)C(C)=O. The molecule has 2 amide bonds. The van der Waals surface area contributed by atoms with Crippen LogP contribution in [0.3, 0.4) is 0 Å². The summed E-state index contributed by atoms with van der Waals surface area (Å²) in [6.45, 7) is 6.84. The summed E-state index contributed by atoms with van der Waals surface area (Å²) in [6, 6.07) is 5.88. The molecule has 0 aromatic heterocycles. The normalized spacial score (nSPS) is 10.3. The van der Waals surface area contributed by atoms with Gasteiger partial charge in [0.25, 0.3) is 0 Å². The van der Waals surface area contributed by atoms with Crippen LogP contribution < -0.4 is 5.32 Å². The van der Waals surface area contributed by atoms with E-state index in [0.717, 1.165) is 16.8 Å². The molecule has 5 heteroatoms. The molecule has 0 aliphatic rings. The van der Waals surface area contributed by atoms with E-state index in [0.29, 0.717) is 19.7 Å². The third-order valence-electron chi connectivity index (χ3n) is 3.28. The Hall–Kier alpha value is -1.88. The summed E-state index contributed by atoms with van der Waals surface area (Å²) in [4.78, 5) is 25.0. The van der Waals surface area contributed by atoms with E-state index in [1.807, 2.05) is 32.0 Å². The summed E-state index contributed by atoms with van der Waals surface area (Å²) in [7, 11) is 1.59. The minimum Gasteiger partial charge on any atom is -0.383 e. The second kappa shape index (κ2) is 8.42. The summed E-state index contributed by atoms with van der Waals surface area (Å²) >= 11 is 0. The lowest BCUT2D eigenvalue weighted by molar-refractivity contribution is -0.130. The first kappa shape index (κ1) is 17.2. The molecule has 1 aromatic carbocycles. The molecule has 1 rings (SSSR count). The highest BCUT2D eigenvalue weighted by Gasteiger charge is 2.11. The van der Waals surface area contributed by atoms with Crippen LogP contribution in [-0.4, -0.2) is 43.5 Å². The van der Waals surface area contributed by atoms with Gasteiger partial charge in [0, 0.05) is 39.2 Å². The molecule has 0 heterocycles. The van der Waals surface area contributed by atoms with Gasteiger partial charge in [0.1, 0.15) is 0 Å². The summed E-state index contributed by atoms with van der Waals surface area (Å²) in [5.41, 5.74) is 3.01. The van der Waals surface area contributed by atoms with Gasteiger partial charge in [0.2, 0.25) is 11.8 Å². The van der Waals surface area contributed by atoms with Crippen LogP contribution in [0.15, 0.2) is 18.2 Å². The molecule has 0 aliphatic heterocycles. The Bertz CT molecular complexity index is 500. The van der Waals surface area contributed by atoms with Crippen LogP contribution in [0.1, 0.15) is 24.5 Å². The molecule has 0 spiro atoms. The first-order valence-corrected chi connectivity index (χ1v) is 7.05. The zero-order chi connectivity index (χ0) is 15.8. The van der Waals surface area contributed by atoms with E-state index in [4.69, 9.17) is 4.74 Å². The molecular weight excluding hydrogens is 268 g/mol. The zero-order valence-corrected chi connectivity index (χ0v) is 13.2. The van der Waals surface area contributed by atoms with Gasteiger partial charge in [-0.1, -0.05) is 17.7 Å². The molecule has 0 saturated heterocycles. The van der Waals surface area contributed by atoms with Crippen LogP contribution in [0.25, 0.3) is 0 Å². The second-order valence-corrected chi connectivity index (χ2v) is 5.12. The van der Waals surface area contributed by atoms with Gasteiger partial charge in [-0.2, -0.15) is 0 Å². The summed E-state index contributed by atoms with van der Waals surface area (Å²) in [5.74, 6) is -0.142. The molecule has 0 fully saturated rings. The Balaban J connectivity index is 2.50. The second-order valence-electron chi connectivity index (χ2n) is 5.12. The molecule has 0 aliphatic carbocycles. The molecular formula is C16H24N2O3. The molecule has 1 N–H and O–H groups in total. The molecule has 5 nitrogen and oxygen atoms in total. The number of carbonyl (C=O) groups excluding carboxylic acids is 2. The fourth-order valence-corrected chi connectivity index (χ4v) is 2.03. The van der Waals surface area contributed by atoms with Crippen LogP contribution in [0.2, 0.25) is 0 Å². The first-order chi connectivity index (χ1) is 9.93. The van der Waals surface area contributed by atoms with Crippen LogP contribution in [0.4, 0.5) is 5.69 Å². The number of rotatable bonds is 7.